The number of rotatable bonds is 12. The molecule has 27 heavy (non-hydrogen) atoms. The summed E-state index contributed by atoms with van der Waals surface area (Å²) in [6.07, 6.45) is 5.94. The van der Waals surface area contributed by atoms with Gasteiger partial charge in [-0.1, -0.05) is 52.2 Å². The van der Waals surface area contributed by atoms with E-state index in [1.165, 1.54) is 42.0 Å². The molecule has 0 aliphatic carbocycles. The van der Waals surface area contributed by atoms with Gasteiger partial charge in [-0.2, -0.15) is 0 Å². The largest absolute Gasteiger partial charge is 0.493 e. The van der Waals surface area contributed by atoms with Gasteiger partial charge in [0, 0.05) is 5.88 Å². The van der Waals surface area contributed by atoms with Crippen LogP contribution >= 0.6 is 11.6 Å². The highest BCUT2D eigenvalue weighted by Crippen LogP contribution is 2.30. The predicted octanol–water partition coefficient (Wildman–Crippen LogP) is 7.39. The average Bonchev–Trinajstić information content (AvgIpc) is 2.68. The molecule has 0 heterocycles. The van der Waals surface area contributed by atoms with Crippen LogP contribution in [-0.4, -0.2) is 19.1 Å². The average molecular weight is 391 g/mol. The Labute approximate surface area is 170 Å². The van der Waals surface area contributed by atoms with E-state index in [-0.39, 0.29) is 0 Å². The van der Waals surface area contributed by atoms with Gasteiger partial charge in [-0.3, -0.25) is 0 Å². The molecule has 3 heteroatoms. The standard InChI is InChI=1S/C24H35ClO2/c1-5-7-8-20(6-2)17-26-22-10-11-23-19(4)24(12-9-21(23)15-22)27-16-18(3)13-14-25/h9-12,15,18,20H,5-8,13-14,16-17H2,1-4H3. The van der Waals surface area contributed by atoms with Crippen LogP contribution in [0.4, 0.5) is 0 Å². The number of halogens is 1. The van der Waals surface area contributed by atoms with Crippen LogP contribution in [0.3, 0.4) is 0 Å². The molecule has 0 aliphatic rings. The molecule has 2 aromatic rings. The van der Waals surface area contributed by atoms with E-state index in [2.05, 4.69) is 58.0 Å². The summed E-state index contributed by atoms with van der Waals surface area (Å²) in [6.45, 7) is 10.3. The lowest BCUT2D eigenvalue weighted by Gasteiger charge is -2.17. The summed E-state index contributed by atoms with van der Waals surface area (Å²) in [5.74, 6) is 3.71. The minimum atomic E-state index is 0.465. The van der Waals surface area contributed by atoms with Gasteiger partial charge in [0.05, 0.1) is 13.2 Å². The van der Waals surface area contributed by atoms with Gasteiger partial charge < -0.3 is 9.47 Å². The fourth-order valence-electron chi connectivity index (χ4n) is 3.30. The molecule has 2 rings (SSSR count). The Hall–Kier alpha value is -1.41. The maximum Gasteiger partial charge on any atom is 0.122 e. The van der Waals surface area contributed by atoms with Crippen LogP contribution in [0.1, 0.15) is 58.4 Å². The smallest absolute Gasteiger partial charge is 0.122 e. The second-order valence-electron chi connectivity index (χ2n) is 7.69. The van der Waals surface area contributed by atoms with Crippen LogP contribution in [0.25, 0.3) is 10.8 Å². The molecule has 0 amide bonds. The molecule has 2 aromatic carbocycles. The van der Waals surface area contributed by atoms with Gasteiger partial charge in [0.15, 0.2) is 0 Å². The third-order valence-corrected chi connectivity index (χ3v) is 5.58. The first-order chi connectivity index (χ1) is 13.1. The summed E-state index contributed by atoms with van der Waals surface area (Å²) in [5.41, 5.74) is 1.19. The van der Waals surface area contributed by atoms with Crippen LogP contribution < -0.4 is 9.47 Å². The fourth-order valence-corrected chi connectivity index (χ4v) is 3.68. The molecular formula is C24H35ClO2. The molecule has 150 valence electrons. The Bertz CT molecular complexity index is 698. The van der Waals surface area contributed by atoms with Gasteiger partial charge in [0.2, 0.25) is 0 Å². The summed E-state index contributed by atoms with van der Waals surface area (Å²) in [4.78, 5) is 0. The van der Waals surface area contributed by atoms with E-state index in [9.17, 15) is 0 Å². The molecular weight excluding hydrogens is 356 g/mol. The number of hydrogen-bond acceptors (Lipinski definition) is 2. The molecule has 0 saturated heterocycles. The van der Waals surface area contributed by atoms with Crippen LogP contribution in [0.15, 0.2) is 30.3 Å². The zero-order valence-electron chi connectivity index (χ0n) is 17.4. The Morgan fingerprint density at radius 1 is 1.00 bits per heavy atom. The fraction of sp³-hybridized carbons (Fsp3) is 0.583. The lowest BCUT2D eigenvalue weighted by molar-refractivity contribution is 0.233. The van der Waals surface area contributed by atoms with E-state index in [4.69, 9.17) is 21.1 Å². The van der Waals surface area contributed by atoms with E-state index in [0.717, 1.165) is 24.5 Å². The van der Waals surface area contributed by atoms with Gasteiger partial charge >= 0.3 is 0 Å². The van der Waals surface area contributed by atoms with E-state index < -0.39 is 0 Å². The number of aryl methyl sites for hydroxylation is 1. The second kappa shape index (κ2) is 11.4. The van der Waals surface area contributed by atoms with E-state index in [1.54, 1.807) is 0 Å². The normalized spacial score (nSPS) is 13.5. The number of unbranched alkanes of at least 4 members (excludes halogenated alkanes) is 1. The molecule has 0 spiro atoms. The highest BCUT2D eigenvalue weighted by molar-refractivity contribution is 6.17. The van der Waals surface area contributed by atoms with Gasteiger partial charge in [-0.25, -0.2) is 0 Å². The zero-order valence-corrected chi connectivity index (χ0v) is 18.1. The number of hydrogen-bond donors (Lipinski definition) is 0. The van der Waals surface area contributed by atoms with Crippen LogP contribution in [0.2, 0.25) is 0 Å². The molecule has 0 fully saturated rings. The molecule has 0 aliphatic heterocycles. The van der Waals surface area contributed by atoms with Crippen molar-refractivity contribution in [3.05, 3.63) is 35.9 Å². The summed E-state index contributed by atoms with van der Waals surface area (Å²) in [7, 11) is 0. The van der Waals surface area contributed by atoms with Crippen LogP contribution in [0.5, 0.6) is 11.5 Å². The van der Waals surface area contributed by atoms with Crippen molar-refractivity contribution in [3.63, 3.8) is 0 Å². The Balaban J connectivity index is 2.04. The Morgan fingerprint density at radius 2 is 1.81 bits per heavy atom. The topological polar surface area (TPSA) is 18.5 Å². The summed E-state index contributed by atoms with van der Waals surface area (Å²) in [5, 5.41) is 2.43. The predicted molar refractivity (Wildman–Crippen MR) is 117 cm³/mol. The first-order valence-corrected chi connectivity index (χ1v) is 11.0. The van der Waals surface area contributed by atoms with E-state index >= 15 is 0 Å². The van der Waals surface area contributed by atoms with E-state index in [0.29, 0.717) is 24.3 Å². The minimum Gasteiger partial charge on any atom is -0.493 e. The molecule has 0 radical (unpaired) electrons. The SMILES string of the molecule is CCCCC(CC)COc1ccc2c(C)c(OCC(C)CCCl)ccc2c1. The summed E-state index contributed by atoms with van der Waals surface area (Å²) in [6, 6.07) is 10.6. The Morgan fingerprint density at radius 3 is 2.52 bits per heavy atom. The van der Waals surface area contributed by atoms with Crippen molar-refractivity contribution in [2.75, 3.05) is 19.1 Å². The summed E-state index contributed by atoms with van der Waals surface area (Å²) < 4.78 is 12.1. The second-order valence-corrected chi connectivity index (χ2v) is 8.07. The highest BCUT2D eigenvalue weighted by Gasteiger charge is 2.10. The molecule has 2 unspecified atom stereocenters. The minimum absolute atomic E-state index is 0.465. The number of ether oxygens (including phenoxy) is 2. The number of alkyl halides is 1. The third-order valence-electron chi connectivity index (χ3n) is 5.37. The first-order valence-electron chi connectivity index (χ1n) is 10.4. The van der Waals surface area contributed by atoms with E-state index in [1.807, 2.05) is 0 Å². The monoisotopic (exact) mass is 390 g/mol. The molecule has 0 N–H and O–H groups in total. The van der Waals surface area contributed by atoms with Gasteiger partial charge in [0.1, 0.15) is 11.5 Å². The van der Waals surface area contributed by atoms with Gasteiger partial charge in [-0.15, -0.1) is 11.6 Å². The van der Waals surface area contributed by atoms with Crippen molar-refractivity contribution in [1.29, 1.82) is 0 Å². The molecule has 2 atom stereocenters. The highest BCUT2D eigenvalue weighted by atomic mass is 35.5. The van der Waals surface area contributed by atoms with Crippen LogP contribution in [0, 0.1) is 18.8 Å². The van der Waals surface area contributed by atoms with Crippen molar-refractivity contribution < 1.29 is 9.47 Å². The van der Waals surface area contributed by atoms with Crippen molar-refractivity contribution in [3.8, 4) is 11.5 Å². The van der Waals surface area contributed by atoms with Crippen molar-refractivity contribution in [2.24, 2.45) is 11.8 Å². The third kappa shape index (κ3) is 6.60. The van der Waals surface area contributed by atoms with Crippen molar-refractivity contribution in [1.82, 2.24) is 0 Å². The molecule has 0 aromatic heterocycles. The van der Waals surface area contributed by atoms with Crippen molar-refractivity contribution >= 4 is 22.4 Å². The van der Waals surface area contributed by atoms with Crippen LogP contribution in [-0.2, 0) is 0 Å². The lowest BCUT2D eigenvalue weighted by Crippen LogP contribution is -2.11. The van der Waals surface area contributed by atoms with Gasteiger partial charge in [-0.05, 0) is 66.1 Å². The summed E-state index contributed by atoms with van der Waals surface area (Å²) >= 11 is 5.81. The number of benzene rings is 2. The zero-order chi connectivity index (χ0) is 19.6. The molecule has 2 nitrogen and oxygen atoms in total. The Kier molecular flexibility index (Phi) is 9.27. The quantitative estimate of drug-likeness (QED) is 0.352. The first kappa shape index (κ1) is 21.9. The van der Waals surface area contributed by atoms with Gasteiger partial charge in [0.25, 0.3) is 0 Å². The molecule has 0 bridgehead atoms. The number of fused-ring (bicyclic) bond motifs is 1. The molecule has 0 saturated carbocycles. The van der Waals surface area contributed by atoms with Crippen molar-refractivity contribution in [2.45, 2.75) is 59.8 Å². The maximum absolute atomic E-state index is 6.10. The lowest BCUT2D eigenvalue weighted by atomic mass is 10.0. The maximum atomic E-state index is 6.10.